The van der Waals surface area contributed by atoms with E-state index in [1.807, 2.05) is 6.92 Å². The molecule has 1 aromatic rings. The highest BCUT2D eigenvalue weighted by Crippen LogP contribution is 2.41. The van der Waals surface area contributed by atoms with Crippen molar-refractivity contribution in [2.45, 2.75) is 75.5 Å². The maximum absolute atomic E-state index is 13.2. The lowest BCUT2D eigenvalue weighted by Crippen LogP contribution is -2.71. The van der Waals surface area contributed by atoms with Crippen molar-refractivity contribution in [3.05, 3.63) is 17.6 Å². The third-order valence-electron chi connectivity index (χ3n) is 5.61. The van der Waals surface area contributed by atoms with Gasteiger partial charge in [0, 0.05) is 30.6 Å². The summed E-state index contributed by atoms with van der Waals surface area (Å²) < 4.78 is 14.0. The molecule has 2 fully saturated rings. The second-order valence-corrected chi connectivity index (χ2v) is 10.7. The van der Waals surface area contributed by atoms with Crippen molar-refractivity contribution in [1.82, 2.24) is 19.6 Å². The first-order chi connectivity index (χ1) is 17.1. The van der Waals surface area contributed by atoms with Gasteiger partial charge in [0.25, 0.3) is 11.8 Å². The maximum Gasteiger partial charge on any atom is 0.357 e. The number of oxime groups is 1. The summed E-state index contributed by atoms with van der Waals surface area (Å²) in [7, 11) is 0. The zero-order valence-corrected chi connectivity index (χ0v) is 21.5. The molecule has 1 aromatic heterocycles. The summed E-state index contributed by atoms with van der Waals surface area (Å²) in [4.78, 5) is 60.7. The van der Waals surface area contributed by atoms with E-state index in [2.05, 4.69) is 19.8 Å². The summed E-state index contributed by atoms with van der Waals surface area (Å²) in [5, 5.41) is 6.12. The predicted octanol–water partition coefficient (Wildman–Crippen LogP) is 0.908. The van der Waals surface area contributed by atoms with Crippen molar-refractivity contribution in [2.24, 2.45) is 5.16 Å². The molecule has 194 valence electrons. The fourth-order valence-corrected chi connectivity index (χ4v) is 5.80. The van der Waals surface area contributed by atoms with Gasteiger partial charge in [-0.3, -0.25) is 19.3 Å². The zero-order chi connectivity index (χ0) is 26.0. The third-order valence-corrected chi connectivity index (χ3v) is 7.48. The fraction of sp³-hybridized carbons (Fsp3) is 0.571. The van der Waals surface area contributed by atoms with Crippen LogP contribution in [0.5, 0.6) is 0 Å². The summed E-state index contributed by atoms with van der Waals surface area (Å²) in [5.74, 6) is -2.61. The Morgan fingerprint density at radius 2 is 2.00 bits per heavy atom. The second kappa shape index (κ2) is 10.8. The third kappa shape index (κ3) is 5.61. The number of fused-ring (bicyclic) bond motifs is 1. The monoisotopic (exact) mass is 538 g/mol. The van der Waals surface area contributed by atoms with E-state index < -0.39 is 41.5 Å². The van der Waals surface area contributed by atoms with Gasteiger partial charge in [-0.25, -0.2) is 4.79 Å². The molecule has 3 N–H and O–H groups in total. The first kappa shape index (κ1) is 25.9. The molecule has 2 amide bonds. The lowest BCUT2D eigenvalue weighted by molar-refractivity contribution is -0.182. The number of carbonyl (C=O) groups excluding carboxylic acids is 4. The van der Waals surface area contributed by atoms with Crippen LogP contribution in [-0.4, -0.2) is 72.8 Å². The number of esters is 2. The van der Waals surface area contributed by atoms with Crippen molar-refractivity contribution in [3.63, 3.8) is 0 Å². The molecule has 1 saturated heterocycles. The lowest BCUT2D eigenvalue weighted by atomic mass is 10.0. The molecule has 13 nitrogen and oxygen atoms in total. The number of hydrogen-bond donors (Lipinski definition) is 2. The molecule has 36 heavy (non-hydrogen) atoms. The minimum atomic E-state index is -1.12. The minimum absolute atomic E-state index is 0.00455. The number of nitrogens with two attached hydrogens (primary N) is 1. The quantitative estimate of drug-likeness (QED) is 0.158. The first-order valence-electron chi connectivity index (χ1n) is 11.4. The van der Waals surface area contributed by atoms with Crippen molar-refractivity contribution in [3.8, 4) is 0 Å². The number of ether oxygens (including phenoxy) is 2. The van der Waals surface area contributed by atoms with E-state index in [1.165, 1.54) is 30.5 Å². The Labute approximate surface area is 214 Å². The van der Waals surface area contributed by atoms with Crippen molar-refractivity contribution >= 4 is 57.9 Å². The van der Waals surface area contributed by atoms with Crippen molar-refractivity contribution < 1.29 is 33.5 Å². The van der Waals surface area contributed by atoms with Crippen LogP contribution in [0.25, 0.3) is 0 Å². The maximum atomic E-state index is 13.2. The Balaban J connectivity index is 1.46. The van der Waals surface area contributed by atoms with E-state index >= 15 is 0 Å². The van der Waals surface area contributed by atoms with E-state index in [4.69, 9.17) is 20.0 Å². The van der Waals surface area contributed by atoms with Crippen molar-refractivity contribution in [2.75, 3.05) is 5.73 Å². The topological polar surface area (TPSA) is 175 Å². The summed E-state index contributed by atoms with van der Waals surface area (Å²) >= 11 is 2.30. The Morgan fingerprint density at radius 1 is 1.28 bits per heavy atom. The molecule has 1 saturated carbocycles. The number of thioether (sulfide) groups is 1. The summed E-state index contributed by atoms with van der Waals surface area (Å²) in [6.07, 6.45) is 4.06. The van der Waals surface area contributed by atoms with Gasteiger partial charge in [-0.15, -0.1) is 11.8 Å². The molecule has 15 heteroatoms. The van der Waals surface area contributed by atoms with Crippen LogP contribution in [0.3, 0.4) is 0 Å². The molecule has 1 aliphatic carbocycles. The number of nitrogens with one attached hydrogen (secondary N) is 1. The minimum Gasteiger partial charge on any atom is -0.426 e. The molecule has 3 unspecified atom stereocenters. The highest BCUT2D eigenvalue weighted by Gasteiger charge is 2.54. The Kier molecular flexibility index (Phi) is 7.78. The number of hydrogen-bond acceptors (Lipinski definition) is 13. The molecular formula is C21H26N6O7S2. The molecule has 0 radical (unpaired) electrons. The van der Waals surface area contributed by atoms with Crippen LogP contribution in [0.2, 0.25) is 0 Å². The van der Waals surface area contributed by atoms with Crippen molar-refractivity contribution in [1.29, 1.82) is 0 Å². The van der Waals surface area contributed by atoms with E-state index in [9.17, 15) is 19.2 Å². The number of β-lactam (4-membered cyclic amide) rings is 1. The Hall–Kier alpha value is -3.20. The summed E-state index contributed by atoms with van der Waals surface area (Å²) in [5.41, 5.74) is 5.52. The molecule has 4 rings (SSSR count). The van der Waals surface area contributed by atoms with E-state index in [0.717, 1.165) is 37.2 Å². The Bertz CT molecular complexity index is 1120. The van der Waals surface area contributed by atoms with E-state index in [1.54, 1.807) is 6.08 Å². The highest BCUT2D eigenvalue weighted by molar-refractivity contribution is 8.00. The smallest absolute Gasteiger partial charge is 0.357 e. The van der Waals surface area contributed by atoms with E-state index in [-0.39, 0.29) is 33.7 Å². The van der Waals surface area contributed by atoms with Crippen LogP contribution in [-0.2, 0) is 33.5 Å². The molecule has 3 aliphatic rings. The van der Waals surface area contributed by atoms with Crippen LogP contribution in [0.1, 0.15) is 52.3 Å². The van der Waals surface area contributed by atoms with Gasteiger partial charge in [-0.2, -0.15) is 9.36 Å². The number of aromatic nitrogens is 2. The molecule has 0 bridgehead atoms. The van der Waals surface area contributed by atoms with Gasteiger partial charge in [0.1, 0.15) is 23.2 Å². The van der Waals surface area contributed by atoms with Crippen LogP contribution in [0, 0.1) is 0 Å². The summed E-state index contributed by atoms with van der Waals surface area (Å²) in [6.45, 7) is 4.43. The van der Waals surface area contributed by atoms with Gasteiger partial charge >= 0.3 is 11.9 Å². The van der Waals surface area contributed by atoms with Crippen LogP contribution in [0.15, 0.2) is 16.9 Å². The highest BCUT2D eigenvalue weighted by atomic mass is 32.2. The van der Waals surface area contributed by atoms with Gasteiger partial charge in [0.2, 0.25) is 17.8 Å². The number of nitrogens with zero attached hydrogens (tertiary/aromatic N) is 4. The zero-order valence-electron chi connectivity index (χ0n) is 19.8. The van der Waals surface area contributed by atoms with E-state index in [0.29, 0.717) is 0 Å². The lowest BCUT2D eigenvalue weighted by Gasteiger charge is -2.49. The molecule has 0 spiro atoms. The van der Waals surface area contributed by atoms with Crippen LogP contribution >= 0.6 is 23.3 Å². The fourth-order valence-electron chi connectivity index (χ4n) is 4.04. The average Bonchev–Trinajstić information content (AvgIpc) is 3.48. The normalized spacial score (nSPS) is 24.8. The standard InChI is InChI=1S/C21H26N6O7S2/c1-9-8-13(20(31)33-11(3)32-10(2)28)27-18(30)15(19(27)35-9)23-17(29)14(16-24-21(22)36-26-16)25-34-12-6-4-5-7-12/h8-9,11-12,15,19H,4-7H2,1-3H3,(H,23,29)(H2,22,24,26)/t9?,11?,15?,19-/m0/s1. The number of rotatable bonds is 8. The molecule has 4 atom stereocenters. The molecular weight excluding hydrogens is 512 g/mol. The summed E-state index contributed by atoms with van der Waals surface area (Å²) in [6, 6.07) is -0.931. The van der Waals surface area contributed by atoms with Gasteiger partial charge in [-0.05, 0) is 38.7 Å². The first-order valence-corrected chi connectivity index (χ1v) is 13.1. The largest absolute Gasteiger partial charge is 0.426 e. The van der Waals surface area contributed by atoms with Gasteiger partial charge in [-0.1, -0.05) is 5.16 Å². The van der Waals surface area contributed by atoms with Gasteiger partial charge in [0.05, 0.1) is 0 Å². The number of nitrogen functional groups attached to an aromatic ring is 1. The number of carbonyl (C=O) groups is 4. The molecule has 2 aliphatic heterocycles. The SMILES string of the molecule is CC(=O)OC(C)OC(=O)C1=CC(C)S[C@H]2C(NC(=O)C(=NOC3CCCC3)c3nsc(N)n3)C(=O)N12. The molecule has 3 heterocycles. The van der Waals surface area contributed by atoms with Crippen LogP contribution < -0.4 is 11.1 Å². The second-order valence-electron chi connectivity index (χ2n) is 8.43. The average molecular weight is 539 g/mol. The Morgan fingerprint density at radius 3 is 2.64 bits per heavy atom. The van der Waals surface area contributed by atoms with Gasteiger partial charge in [0.15, 0.2) is 5.13 Å². The predicted molar refractivity (Wildman–Crippen MR) is 129 cm³/mol. The molecule has 0 aromatic carbocycles. The number of anilines is 1. The number of amides is 2. The van der Waals surface area contributed by atoms with Gasteiger partial charge < -0.3 is 25.4 Å². The van der Waals surface area contributed by atoms with Crippen LogP contribution in [0.4, 0.5) is 5.13 Å².